The van der Waals surface area contributed by atoms with Gasteiger partial charge >= 0.3 is 0 Å². The summed E-state index contributed by atoms with van der Waals surface area (Å²) < 4.78 is 27.9. The Morgan fingerprint density at radius 2 is 1.87 bits per heavy atom. The van der Waals surface area contributed by atoms with E-state index in [2.05, 4.69) is 0 Å². The van der Waals surface area contributed by atoms with Gasteiger partial charge in [0.15, 0.2) is 5.78 Å². The van der Waals surface area contributed by atoms with Crippen LogP contribution in [0.2, 0.25) is 0 Å². The molecule has 2 aliphatic heterocycles. The summed E-state index contributed by atoms with van der Waals surface area (Å²) in [5.41, 5.74) is 1.73. The number of sulfonamides is 1. The van der Waals surface area contributed by atoms with Gasteiger partial charge in [0, 0.05) is 18.0 Å². The Bertz CT molecular complexity index is 734. The van der Waals surface area contributed by atoms with Crippen LogP contribution in [-0.2, 0) is 14.8 Å². The van der Waals surface area contributed by atoms with Crippen molar-refractivity contribution in [1.82, 2.24) is 4.31 Å². The molecule has 23 heavy (non-hydrogen) atoms. The number of carbonyl (C=O) groups is 1. The van der Waals surface area contributed by atoms with Crippen LogP contribution in [0.25, 0.3) is 0 Å². The van der Waals surface area contributed by atoms with E-state index in [0.29, 0.717) is 16.9 Å². The number of Topliss-reactive ketones (excluding diaryl/α,β-unsaturated/α-hetero) is 1. The van der Waals surface area contributed by atoms with E-state index < -0.39 is 10.0 Å². The lowest BCUT2D eigenvalue weighted by molar-refractivity contribution is -0.115. The molecule has 1 aromatic carbocycles. The summed E-state index contributed by atoms with van der Waals surface area (Å²) in [6.45, 7) is 3.77. The van der Waals surface area contributed by atoms with Crippen molar-refractivity contribution < 1.29 is 13.2 Å². The van der Waals surface area contributed by atoms with Gasteiger partial charge in [-0.2, -0.15) is 4.31 Å². The van der Waals surface area contributed by atoms with Crippen LogP contribution in [0, 0.1) is 6.92 Å². The van der Waals surface area contributed by atoms with E-state index in [4.69, 9.17) is 0 Å². The highest BCUT2D eigenvalue weighted by atomic mass is 32.2. The number of ketones is 1. The van der Waals surface area contributed by atoms with Gasteiger partial charge in [0.2, 0.25) is 10.0 Å². The maximum Gasteiger partial charge on any atom is 0.243 e. The first kappa shape index (κ1) is 16.4. The van der Waals surface area contributed by atoms with Crippen molar-refractivity contribution in [3.63, 3.8) is 0 Å². The van der Waals surface area contributed by atoms with Crippen LogP contribution in [-0.4, -0.2) is 30.6 Å². The van der Waals surface area contributed by atoms with E-state index in [1.165, 1.54) is 0 Å². The Morgan fingerprint density at radius 1 is 1.17 bits per heavy atom. The normalized spacial score (nSPS) is 25.0. The van der Waals surface area contributed by atoms with E-state index in [-0.39, 0.29) is 17.9 Å². The lowest BCUT2D eigenvalue weighted by atomic mass is 9.96. The SMILES string of the molecule is CCC(=O)C1=CCC[C@@H]2CC[C@H]1N2S(=O)(=O)c1ccc(C)cc1. The molecule has 2 atom stereocenters. The van der Waals surface area contributed by atoms with Gasteiger partial charge in [-0.25, -0.2) is 8.42 Å². The quantitative estimate of drug-likeness (QED) is 0.850. The van der Waals surface area contributed by atoms with Crippen LogP contribution >= 0.6 is 0 Å². The summed E-state index contributed by atoms with van der Waals surface area (Å²) in [6.07, 6.45) is 5.54. The van der Waals surface area contributed by atoms with Crippen LogP contribution in [0.5, 0.6) is 0 Å². The molecule has 0 aromatic heterocycles. The zero-order valence-corrected chi connectivity index (χ0v) is 14.5. The number of allylic oxidation sites excluding steroid dienone is 1. The number of fused-ring (bicyclic) bond motifs is 2. The molecule has 0 N–H and O–H groups in total. The van der Waals surface area contributed by atoms with Gasteiger partial charge in [-0.3, -0.25) is 4.79 Å². The Kier molecular flexibility index (Phi) is 4.43. The van der Waals surface area contributed by atoms with Crippen molar-refractivity contribution in [2.24, 2.45) is 0 Å². The van der Waals surface area contributed by atoms with Crippen LogP contribution in [0.1, 0.15) is 44.6 Å². The van der Waals surface area contributed by atoms with Gasteiger partial charge in [-0.05, 0) is 44.7 Å². The minimum Gasteiger partial charge on any atom is -0.295 e. The molecule has 0 spiro atoms. The molecule has 124 valence electrons. The molecule has 0 unspecified atom stereocenters. The molecule has 0 saturated carbocycles. The van der Waals surface area contributed by atoms with E-state index in [9.17, 15) is 13.2 Å². The van der Waals surface area contributed by atoms with Crippen molar-refractivity contribution in [3.05, 3.63) is 41.5 Å². The van der Waals surface area contributed by atoms with Gasteiger partial charge in [0.1, 0.15) is 0 Å². The Morgan fingerprint density at radius 3 is 2.52 bits per heavy atom. The molecule has 0 amide bonds. The molecule has 0 aliphatic carbocycles. The topological polar surface area (TPSA) is 54.5 Å². The third-order valence-corrected chi connectivity index (χ3v) is 6.88. The van der Waals surface area contributed by atoms with E-state index >= 15 is 0 Å². The first-order valence-electron chi connectivity index (χ1n) is 8.28. The summed E-state index contributed by atoms with van der Waals surface area (Å²) in [4.78, 5) is 12.6. The van der Waals surface area contributed by atoms with Gasteiger partial charge in [-0.15, -0.1) is 0 Å². The maximum absolute atomic E-state index is 13.2. The van der Waals surface area contributed by atoms with Crippen molar-refractivity contribution in [2.45, 2.75) is 62.9 Å². The second-order valence-corrected chi connectivity index (χ2v) is 8.25. The van der Waals surface area contributed by atoms with Crippen LogP contribution in [0.4, 0.5) is 0 Å². The predicted molar refractivity (Wildman–Crippen MR) is 89.6 cm³/mol. The fourth-order valence-corrected chi connectivity index (χ4v) is 5.57. The largest absolute Gasteiger partial charge is 0.295 e. The number of hydrogen-bond acceptors (Lipinski definition) is 3. The van der Waals surface area contributed by atoms with Gasteiger partial charge in [0.05, 0.1) is 10.9 Å². The van der Waals surface area contributed by atoms with Crippen molar-refractivity contribution in [1.29, 1.82) is 0 Å². The zero-order chi connectivity index (χ0) is 16.6. The molecule has 0 radical (unpaired) electrons. The highest BCUT2D eigenvalue weighted by Gasteiger charge is 2.45. The Hall–Kier alpha value is -1.46. The van der Waals surface area contributed by atoms with Gasteiger partial charge in [0.25, 0.3) is 0 Å². The number of aryl methyl sites for hydroxylation is 1. The smallest absolute Gasteiger partial charge is 0.243 e. The van der Waals surface area contributed by atoms with E-state index in [0.717, 1.165) is 31.2 Å². The summed E-state index contributed by atoms with van der Waals surface area (Å²) in [5.74, 6) is 0.0710. The molecule has 4 nitrogen and oxygen atoms in total. The average Bonchev–Trinajstić information content (AvgIpc) is 2.84. The predicted octanol–water partition coefficient (Wildman–Crippen LogP) is 3.22. The number of benzene rings is 1. The molecule has 2 aliphatic rings. The zero-order valence-electron chi connectivity index (χ0n) is 13.7. The summed E-state index contributed by atoms with van der Waals surface area (Å²) in [6, 6.07) is 6.69. The van der Waals surface area contributed by atoms with Gasteiger partial charge in [-0.1, -0.05) is 30.7 Å². The minimum absolute atomic E-state index is 0.00436. The van der Waals surface area contributed by atoms with Crippen molar-refractivity contribution in [2.75, 3.05) is 0 Å². The van der Waals surface area contributed by atoms with Crippen molar-refractivity contribution >= 4 is 15.8 Å². The number of carbonyl (C=O) groups excluding carboxylic acids is 1. The Labute approximate surface area is 138 Å². The molecule has 1 saturated heterocycles. The third kappa shape index (κ3) is 2.88. The lowest BCUT2D eigenvalue weighted by Gasteiger charge is -2.28. The monoisotopic (exact) mass is 333 g/mol. The average molecular weight is 333 g/mol. The molecule has 2 bridgehead atoms. The molecule has 3 rings (SSSR count). The van der Waals surface area contributed by atoms with E-state index in [1.54, 1.807) is 16.4 Å². The summed E-state index contributed by atoms with van der Waals surface area (Å²) in [7, 11) is -3.57. The van der Waals surface area contributed by atoms with Gasteiger partial charge < -0.3 is 0 Å². The van der Waals surface area contributed by atoms with E-state index in [1.807, 2.05) is 32.1 Å². The third-order valence-electron chi connectivity index (χ3n) is 4.90. The minimum atomic E-state index is -3.57. The second kappa shape index (κ2) is 6.21. The first-order chi connectivity index (χ1) is 10.9. The van der Waals surface area contributed by atoms with Crippen molar-refractivity contribution in [3.8, 4) is 0 Å². The molecule has 1 fully saturated rings. The number of nitrogens with zero attached hydrogens (tertiary/aromatic N) is 1. The summed E-state index contributed by atoms with van der Waals surface area (Å²) in [5, 5.41) is 0. The molecular formula is C18H23NO3S. The number of hydrogen-bond donors (Lipinski definition) is 0. The van der Waals surface area contributed by atoms with Crippen LogP contribution in [0.15, 0.2) is 40.8 Å². The fourth-order valence-electron chi connectivity index (χ4n) is 3.69. The fraction of sp³-hybridized carbons (Fsp3) is 0.500. The highest BCUT2D eigenvalue weighted by Crippen LogP contribution is 2.39. The van der Waals surface area contributed by atoms with Crippen LogP contribution in [0.3, 0.4) is 0 Å². The number of rotatable bonds is 4. The lowest BCUT2D eigenvalue weighted by Crippen LogP contribution is -2.42. The Balaban J connectivity index is 2.02. The second-order valence-electron chi connectivity index (χ2n) is 6.41. The molecular weight excluding hydrogens is 310 g/mol. The standard InChI is InChI=1S/C18H23NO3S/c1-3-18(20)16-6-4-5-14-9-12-17(16)19(14)23(21,22)15-10-7-13(2)8-11-15/h6-8,10-11,14,17H,3-5,9,12H2,1-2H3/t14-,17-/m1/s1. The highest BCUT2D eigenvalue weighted by molar-refractivity contribution is 7.89. The summed E-state index contributed by atoms with van der Waals surface area (Å²) >= 11 is 0. The molecule has 5 heteroatoms. The maximum atomic E-state index is 13.2. The first-order valence-corrected chi connectivity index (χ1v) is 9.72. The molecule has 1 aromatic rings. The molecule has 2 heterocycles. The van der Waals surface area contributed by atoms with Crippen LogP contribution < -0.4 is 0 Å².